The fourth-order valence-corrected chi connectivity index (χ4v) is 2.30. The molecule has 0 atom stereocenters. The van der Waals surface area contributed by atoms with Gasteiger partial charge in [0.25, 0.3) is 5.91 Å². The Labute approximate surface area is 157 Å². The first-order valence-electron chi connectivity index (χ1n) is 8.59. The van der Waals surface area contributed by atoms with E-state index in [1.54, 1.807) is 36.4 Å². The lowest BCUT2D eigenvalue weighted by Gasteiger charge is -2.15. The molecule has 0 aliphatic heterocycles. The number of carbonyl (C=O) groups excluding carboxylic acids is 2. The van der Waals surface area contributed by atoms with Crippen molar-refractivity contribution < 1.29 is 18.7 Å². The first-order chi connectivity index (χ1) is 13.1. The lowest BCUT2D eigenvalue weighted by Crippen LogP contribution is -2.43. The zero-order valence-electron chi connectivity index (χ0n) is 15.3. The number of hydrazine groups is 1. The smallest absolute Gasteiger partial charge is 0.305 e. The minimum absolute atomic E-state index is 0.105. The van der Waals surface area contributed by atoms with Gasteiger partial charge in [-0.1, -0.05) is 26.0 Å². The molecule has 0 aliphatic rings. The molecular weight excluding hydrogens is 348 g/mol. The van der Waals surface area contributed by atoms with E-state index < -0.39 is 11.8 Å². The van der Waals surface area contributed by atoms with Crippen molar-refractivity contribution >= 4 is 11.8 Å². The SMILES string of the molecule is CCN(CC)Cc1ccc(C(=O)NNC(=O)COc2ccccc2C#N)o1. The van der Waals surface area contributed by atoms with Crippen molar-refractivity contribution in [2.24, 2.45) is 0 Å². The average Bonchev–Trinajstić information content (AvgIpc) is 3.17. The first-order valence-corrected chi connectivity index (χ1v) is 8.59. The minimum Gasteiger partial charge on any atom is -0.482 e. The summed E-state index contributed by atoms with van der Waals surface area (Å²) in [5, 5.41) is 8.97. The zero-order valence-corrected chi connectivity index (χ0v) is 15.3. The van der Waals surface area contributed by atoms with Gasteiger partial charge in [-0.05, 0) is 37.4 Å². The summed E-state index contributed by atoms with van der Waals surface area (Å²) >= 11 is 0. The Hall–Kier alpha value is -3.31. The molecule has 0 saturated carbocycles. The van der Waals surface area contributed by atoms with Crippen LogP contribution in [-0.4, -0.2) is 36.4 Å². The van der Waals surface area contributed by atoms with Crippen molar-refractivity contribution in [3.05, 3.63) is 53.5 Å². The average molecular weight is 370 g/mol. The number of hydrogen-bond donors (Lipinski definition) is 2. The van der Waals surface area contributed by atoms with Crippen LogP contribution in [0.5, 0.6) is 5.75 Å². The van der Waals surface area contributed by atoms with Crippen LogP contribution in [0.2, 0.25) is 0 Å². The largest absolute Gasteiger partial charge is 0.482 e. The molecule has 0 radical (unpaired) electrons. The van der Waals surface area contributed by atoms with E-state index in [0.29, 0.717) is 23.6 Å². The third-order valence-electron chi connectivity index (χ3n) is 3.84. The number of rotatable bonds is 8. The summed E-state index contributed by atoms with van der Waals surface area (Å²) in [7, 11) is 0. The van der Waals surface area contributed by atoms with Gasteiger partial charge in [0.15, 0.2) is 12.4 Å². The summed E-state index contributed by atoms with van der Waals surface area (Å²) in [5.74, 6) is -0.0500. The second-order valence-electron chi connectivity index (χ2n) is 5.63. The Morgan fingerprint density at radius 1 is 1.15 bits per heavy atom. The molecular formula is C19H22N4O4. The van der Waals surface area contributed by atoms with Crippen molar-refractivity contribution in [1.29, 1.82) is 5.26 Å². The predicted molar refractivity (Wildman–Crippen MR) is 97.6 cm³/mol. The standard InChI is InChI=1S/C19H22N4O4/c1-3-23(4-2)12-15-9-10-17(27-15)19(25)22-21-18(24)13-26-16-8-6-5-7-14(16)11-20/h5-10H,3-4,12-13H2,1-2H3,(H,21,24)(H,22,25). The zero-order chi connectivity index (χ0) is 19.6. The molecule has 27 heavy (non-hydrogen) atoms. The van der Waals surface area contributed by atoms with Gasteiger partial charge in [-0.25, -0.2) is 0 Å². The number of ether oxygens (including phenoxy) is 1. The summed E-state index contributed by atoms with van der Waals surface area (Å²) in [6.07, 6.45) is 0. The summed E-state index contributed by atoms with van der Waals surface area (Å²) in [4.78, 5) is 26.0. The fourth-order valence-electron chi connectivity index (χ4n) is 2.30. The van der Waals surface area contributed by atoms with E-state index in [2.05, 4.69) is 15.8 Å². The van der Waals surface area contributed by atoms with Crippen LogP contribution < -0.4 is 15.6 Å². The highest BCUT2D eigenvalue weighted by molar-refractivity contribution is 5.93. The molecule has 1 aromatic carbocycles. The molecule has 0 aliphatic carbocycles. The quantitative estimate of drug-likeness (QED) is 0.687. The molecule has 1 aromatic heterocycles. The molecule has 2 N–H and O–H groups in total. The topological polar surface area (TPSA) is 108 Å². The third-order valence-corrected chi connectivity index (χ3v) is 3.84. The van der Waals surface area contributed by atoms with Gasteiger partial charge >= 0.3 is 5.91 Å². The van der Waals surface area contributed by atoms with Crippen molar-refractivity contribution in [2.45, 2.75) is 20.4 Å². The lowest BCUT2D eigenvalue weighted by atomic mass is 10.2. The second-order valence-corrected chi connectivity index (χ2v) is 5.63. The van der Waals surface area contributed by atoms with Crippen LogP contribution in [0.3, 0.4) is 0 Å². The maximum absolute atomic E-state index is 12.0. The molecule has 0 saturated heterocycles. The van der Waals surface area contributed by atoms with Crippen LogP contribution in [0.15, 0.2) is 40.8 Å². The molecule has 2 amide bonds. The van der Waals surface area contributed by atoms with Gasteiger partial charge in [0.05, 0.1) is 12.1 Å². The number of benzene rings is 1. The number of nitrogens with zero attached hydrogens (tertiary/aromatic N) is 2. The minimum atomic E-state index is -0.564. The van der Waals surface area contributed by atoms with Crippen molar-refractivity contribution in [1.82, 2.24) is 15.8 Å². The van der Waals surface area contributed by atoms with Crippen LogP contribution >= 0.6 is 0 Å². The third kappa shape index (κ3) is 5.87. The second kappa shape index (κ2) is 9.99. The van der Waals surface area contributed by atoms with E-state index in [1.807, 2.05) is 19.9 Å². The highest BCUT2D eigenvalue weighted by Gasteiger charge is 2.14. The number of amides is 2. The Kier molecular flexibility index (Phi) is 7.40. The lowest BCUT2D eigenvalue weighted by molar-refractivity contribution is -0.123. The molecule has 2 rings (SSSR count). The molecule has 8 nitrogen and oxygen atoms in total. The monoisotopic (exact) mass is 370 g/mol. The Balaban J connectivity index is 1.80. The normalized spacial score (nSPS) is 10.3. The number of carbonyl (C=O) groups is 2. The molecule has 142 valence electrons. The van der Waals surface area contributed by atoms with Crippen LogP contribution in [0.4, 0.5) is 0 Å². The number of nitriles is 1. The van der Waals surface area contributed by atoms with Gasteiger partial charge in [-0.15, -0.1) is 0 Å². The molecule has 1 heterocycles. The van der Waals surface area contributed by atoms with E-state index in [4.69, 9.17) is 14.4 Å². The number of hydrogen-bond acceptors (Lipinski definition) is 6. The Bertz CT molecular complexity index is 821. The maximum Gasteiger partial charge on any atom is 0.305 e. The number of furan rings is 1. The molecule has 2 aromatic rings. The molecule has 0 fully saturated rings. The Morgan fingerprint density at radius 2 is 1.89 bits per heavy atom. The van der Waals surface area contributed by atoms with Gasteiger partial charge in [0, 0.05) is 0 Å². The van der Waals surface area contributed by atoms with E-state index in [-0.39, 0.29) is 12.4 Å². The van der Waals surface area contributed by atoms with Gasteiger partial charge in [-0.2, -0.15) is 5.26 Å². The van der Waals surface area contributed by atoms with Crippen molar-refractivity contribution in [3.8, 4) is 11.8 Å². The van der Waals surface area contributed by atoms with Crippen LogP contribution in [-0.2, 0) is 11.3 Å². The summed E-state index contributed by atoms with van der Waals surface area (Å²) in [5.41, 5.74) is 4.84. The summed E-state index contributed by atoms with van der Waals surface area (Å²) in [6, 6.07) is 11.8. The molecule has 8 heteroatoms. The fraction of sp³-hybridized carbons (Fsp3) is 0.316. The predicted octanol–water partition coefficient (Wildman–Crippen LogP) is 1.83. The number of para-hydroxylation sites is 1. The van der Waals surface area contributed by atoms with Gasteiger partial charge in [0.2, 0.25) is 0 Å². The van der Waals surface area contributed by atoms with Crippen LogP contribution in [0.25, 0.3) is 0 Å². The first kappa shape index (κ1) is 20.0. The highest BCUT2D eigenvalue weighted by atomic mass is 16.5. The number of nitrogens with one attached hydrogen (secondary N) is 2. The molecule has 0 unspecified atom stereocenters. The van der Waals surface area contributed by atoms with E-state index in [1.165, 1.54) is 0 Å². The van der Waals surface area contributed by atoms with Crippen molar-refractivity contribution in [2.75, 3.05) is 19.7 Å². The van der Waals surface area contributed by atoms with Crippen LogP contribution in [0, 0.1) is 11.3 Å². The Morgan fingerprint density at radius 3 is 2.59 bits per heavy atom. The van der Waals surface area contributed by atoms with E-state index in [9.17, 15) is 9.59 Å². The van der Waals surface area contributed by atoms with Crippen molar-refractivity contribution in [3.63, 3.8) is 0 Å². The van der Waals surface area contributed by atoms with Gasteiger partial charge in [0.1, 0.15) is 17.6 Å². The molecule has 0 bridgehead atoms. The van der Waals surface area contributed by atoms with Gasteiger partial charge < -0.3 is 9.15 Å². The molecule has 0 spiro atoms. The maximum atomic E-state index is 12.0. The van der Waals surface area contributed by atoms with E-state index in [0.717, 1.165) is 13.1 Å². The van der Waals surface area contributed by atoms with Crippen LogP contribution in [0.1, 0.15) is 35.7 Å². The van der Waals surface area contributed by atoms with Gasteiger partial charge in [-0.3, -0.25) is 25.3 Å². The highest BCUT2D eigenvalue weighted by Crippen LogP contribution is 2.16. The summed E-state index contributed by atoms with van der Waals surface area (Å²) < 4.78 is 10.8. The van der Waals surface area contributed by atoms with E-state index >= 15 is 0 Å². The summed E-state index contributed by atoms with van der Waals surface area (Å²) in [6.45, 7) is 6.12.